The first-order valence-electron chi connectivity index (χ1n) is 7.21. The van der Waals surface area contributed by atoms with Gasteiger partial charge >= 0.3 is 0 Å². The van der Waals surface area contributed by atoms with Gasteiger partial charge in [0.25, 0.3) is 0 Å². The lowest BCUT2D eigenvalue weighted by molar-refractivity contribution is -0.141. The Labute approximate surface area is 124 Å². The Morgan fingerprint density at radius 1 is 1.33 bits per heavy atom. The Hall–Kier alpha value is -1.91. The van der Waals surface area contributed by atoms with Crippen LogP contribution in [0.25, 0.3) is 0 Å². The minimum Gasteiger partial charge on any atom is -0.354 e. The van der Waals surface area contributed by atoms with E-state index in [0.717, 1.165) is 5.56 Å². The Bertz CT molecular complexity index is 528. The SMILES string of the molecule is CC(C)NC(=O)[C@H]1CCC(=O)N(C)[C@H]1c1ccc(F)cc1. The quantitative estimate of drug-likeness (QED) is 0.929. The van der Waals surface area contributed by atoms with E-state index in [9.17, 15) is 14.0 Å². The first-order chi connectivity index (χ1) is 9.90. The number of piperidine rings is 1. The van der Waals surface area contributed by atoms with Gasteiger partial charge in [-0.15, -0.1) is 0 Å². The molecule has 0 aliphatic carbocycles. The highest BCUT2D eigenvalue weighted by Gasteiger charge is 2.38. The normalized spacial score (nSPS) is 22.5. The summed E-state index contributed by atoms with van der Waals surface area (Å²) in [4.78, 5) is 25.9. The molecular weight excluding hydrogens is 271 g/mol. The number of benzene rings is 1. The third kappa shape index (κ3) is 3.40. The Morgan fingerprint density at radius 3 is 2.52 bits per heavy atom. The lowest BCUT2D eigenvalue weighted by atomic mass is 9.84. The molecule has 0 bridgehead atoms. The summed E-state index contributed by atoms with van der Waals surface area (Å²) < 4.78 is 13.1. The summed E-state index contributed by atoms with van der Waals surface area (Å²) in [5.74, 6) is -0.677. The van der Waals surface area contributed by atoms with Crippen LogP contribution in [0.5, 0.6) is 0 Å². The summed E-state index contributed by atoms with van der Waals surface area (Å²) in [7, 11) is 1.70. The zero-order valence-electron chi connectivity index (χ0n) is 12.6. The number of nitrogens with zero attached hydrogens (tertiary/aromatic N) is 1. The summed E-state index contributed by atoms with van der Waals surface area (Å²) in [6.45, 7) is 3.81. The molecule has 1 fully saturated rings. The molecule has 5 heteroatoms. The summed E-state index contributed by atoms with van der Waals surface area (Å²) in [5.41, 5.74) is 0.788. The van der Waals surface area contributed by atoms with E-state index in [-0.39, 0.29) is 35.6 Å². The van der Waals surface area contributed by atoms with Crippen LogP contribution in [0, 0.1) is 11.7 Å². The second kappa shape index (κ2) is 6.24. The second-order valence-electron chi connectivity index (χ2n) is 5.81. The van der Waals surface area contributed by atoms with Gasteiger partial charge in [0.15, 0.2) is 0 Å². The van der Waals surface area contributed by atoms with Crippen molar-refractivity contribution in [2.45, 2.75) is 38.8 Å². The van der Waals surface area contributed by atoms with Crippen LogP contribution < -0.4 is 5.32 Å². The maximum atomic E-state index is 13.1. The monoisotopic (exact) mass is 292 g/mol. The van der Waals surface area contributed by atoms with Crippen molar-refractivity contribution in [2.24, 2.45) is 5.92 Å². The van der Waals surface area contributed by atoms with Crippen LogP contribution >= 0.6 is 0 Å². The molecule has 2 rings (SSSR count). The molecule has 0 radical (unpaired) electrons. The van der Waals surface area contributed by atoms with Crippen LogP contribution in [-0.2, 0) is 9.59 Å². The number of carbonyl (C=O) groups excluding carboxylic acids is 2. The van der Waals surface area contributed by atoms with Crippen molar-refractivity contribution in [3.05, 3.63) is 35.6 Å². The van der Waals surface area contributed by atoms with E-state index >= 15 is 0 Å². The van der Waals surface area contributed by atoms with Crippen molar-refractivity contribution in [1.29, 1.82) is 0 Å². The zero-order valence-corrected chi connectivity index (χ0v) is 12.6. The van der Waals surface area contributed by atoms with Gasteiger partial charge in [0.2, 0.25) is 11.8 Å². The fraction of sp³-hybridized carbons (Fsp3) is 0.500. The average Bonchev–Trinajstić information content (AvgIpc) is 2.42. The maximum Gasteiger partial charge on any atom is 0.225 e. The standard InChI is InChI=1S/C16H21FN2O2/c1-10(2)18-16(21)13-8-9-14(20)19(3)15(13)11-4-6-12(17)7-5-11/h4-7,10,13,15H,8-9H2,1-3H3,(H,18,21)/t13-,15-/m0/s1. The third-order valence-corrected chi connectivity index (χ3v) is 3.84. The summed E-state index contributed by atoms with van der Waals surface area (Å²) >= 11 is 0. The molecule has 0 aromatic heterocycles. The van der Waals surface area contributed by atoms with E-state index in [1.54, 1.807) is 24.1 Å². The van der Waals surface area contributed by atoms with Gasteiger partial charge in [0.05, 0.1) is 12.0 Å². The van der Waals surface area contributed by atoms with Crippen LogP contribution in [0.15, 0.2) is 24.3 Å². The zero-order chi connectivity index (χ0) is 15.6. The van der Waals surface area contributed by atoms with Gasteiger partial charge in [0.1, 0.15) is 5.82 Å². The molecule has 4 nitrogen and oxygen atoms in total. The van der Waals surface area contributed by atoms with Crippen molar-refractivity contribution < 1.29 is 14.0 Å². The van der Waals surface area contributed by atoms with E-state index in [0.29, 0.717) is 12.8 Å². The van der Waals surface area contributed by atoms with Gasteiger partial charge in [-0.25, -0.2) is 4.39 Å². The molecule has 1 aliphatic rings. The third-order valence-electron chi connectivity index (χ3n) is 3.84. The molecule has 0 unspecified atom stereocenters. The van der Waals surface area contributed by atoms with Gasteiger partial charge in [-0.3, -0.25) is 9.59 Å². The van der Waals surface area contributed by atoms with Crippen LogP contribution in [0.2, 0.25) is 0 Å². The first kappa shape index (κ1) is 15.5. The number of likely N-dealkylation sites (tertiary alicyclic amines) is 1. The first-order valence-corrected chi connectivity index (χ1v) is 7.21. The van der Waals surface area contributed by atoms with E-state index < -0.39 is 0 Å². The van der Waals surface area contributed by atoms with Gasteiger partial charge < -0.3 is 10.2 Å². The number of halogens is 1. The molecule has 1 N–H and O–H groups in total. The highest BCUT2D eigenvalue weighted by molar-refractivity contribution is 5.85. The predicted octanol–water partition coefficient (Wildman–Crippen LogP) is 2.26. The van der Waals surface area contributed by atoms with Gasteiger partial charge in [-0.2, -0.15) is 0 Å². The number of hydrogen-bond acceptors (Lipinski definition) is 2. The molecule has 1 heterocycles. The summed E-state index contributed by atoms with van der Waals surface area (Å²) in [5, 5.41) is 2.91. The lowest BCUT2D eigenvalue weighted by Crippen LogP contribution is -2.47. The van der Waals surface area contributed by atoms with E-state index in [2.05, 4.69) is 5.32 Å². The molecule has 0 spiro atoms. The molecule has 21 heavy (non-hydrogen) atoms. The Kier molecular flexibility index (Phi) is 4.60. The topological polar surface area (TPSA) is 49.4 Å². The fourth-order valence-corrected chi connectivity index (χ4v) is 2.82. The highest BCUT2D eigenvalue weighted by Crippen LogP contribution is 2.35. The van der Waals surface area contributed by atoms with Crippen molar-refractivity contribution in [2.75, 3.05) is 7.05 Å². The smallest absolute Gasteiger partial charge is 0.225 e. The summed E-state index contributed by atoms with van der Waals surface area (Å²) in [6.07, 6.45) is 0.883. The highest BCUT2D eigenvalue weighted by atomic mass is 19.1. The van der Waals surface area contributed by atoms with Crippen molar-refractivity contribution in [3.63, 3.8) is 0 Å². The average molecular weight is 292 g/mol. The molecular formula is C16H21FN2O2. The predicted molar refractivity (Wildman–Crippen MR) is 77.9 cm³/mol. The molecule has 1 saturated heterocycles. The fourth-order valence-electron chi connectivity index (χ4n) is 2.82. The van der Waals surface area contributed by atoms with Crippen LogP contribution in [0.1, 0.15) is 38.3 Å². The van der Waals surface area contributed by atoms with Crippen LogP contribution in [0.3, 0.4) is 0 Å². The van der Waals surface area contributed by atoms with Crippen LogP contribution in [0.4, 0.5) is 4.39 Å². The van der Waals surface area contributed by atoms with Gasteiger partial charge in [-0.05, 0) is 38.0 Å². The van der Waals surface area contributed by atoms with E-state index in [1.165, 1.54) is 12.1 Å². The second-order valence-corrected chi connectivity index (χ2v) is 5.81. The molecule has 1 aliphatic heterocycles. The molecule has 1 aromatic carbocycles. The largest absolute Gasteiger partial charge is 0.354 e. The van der Waals surface area contributed by atoms with Crippen LogP contribution in [-0.4, -0.2) is 29.8 Å². The van der Waals surface area contributed by atoms with Crippen molar-refractivity contribution in [1.82, 2.24) is 10.2 Å². The number of amides is 2. The number of hydrogen-bond donors (Lipinski definition) is 1. The Morgan fingerprint density at radius 2 is 1.95 bits per heavy atom. The lowest BCUT2D eigenvalue weighted by Gasteiger charge is -2.38. The maximum absolute atomic E-state index is 13.1. The molecule has 114 valence electrons. The van der Waals surface area contributed by atoms with Crippen molar-refractivity contribution >= 4 is 11.8 Å². The minimum absolute atomic E-state index is 0.0120. The molecule has 2 atom stereocenters. The van der Waals surface area contributed by atoms with Gasteiger partial charge in [0, 0.05) is 19.5 Å². The molecule has 1 aromatic rings. The number of rotatable bonds is 3. The van der Waals surface area contributed by atoms with E-state index in [1.807, 2.05) is 13.8 Å². The van der Waals surface area contributed by atoms with E-state index in [4.69, 9.17) is 0 Å². The summed E-state index contributed by atoms with van der Waals surface area (Å²) in [6, 6.07) is 5.72. The molecule has 2 amide bonds. The minimum atomic E-state index is -0.342. The molecule has 0 saturated carbocycles. The number of nitrogens with one attached hydrogen (secondary N) is 1. The Balaban J connectivity index is 2.31. The van der Waals surface area contributed by atoms with Gasteiger partial charge in [-0.1, -0.05) is 12.1 Å². The van der Waals surface area contributed by atoms with Crippen molar-refractivity contribution in [3.8, 4) is 0 Å². The number of carbonyl (C=O) groups is 2.